The number of hydrogen-bond acceptors (Lipinski definition) is 4. The number of nitrogens with one attached hydrogen (secondary N) is 1. The number of hydrogen-bond donors (Lipinski definition) is 2. The maximum atomic E-state index is 12.5. The second kappa shape index (κ2) is 7.22. The monoisotopic (exact) mass is 296 g/mol. The van der Waals surface area contributed by atoms with Crippen LogP contribution in [0.5, 0.6) is 0 Å². The molecule has 0 radical (unpaired) electrons. The van der Waals surface area contributed by atoms with Crippen LogP contribution in [-0.2, 0) is 9.59 Å². The molecular formula is C15H28N4O2. The minimum absolute atomic E-state index is 0.0997. The minimum atomic E-state index is -0.373. The van der Waals surface area contributed by atoms with Crippen LogP contribution in [0.4, 0.5) is 0 Å². The molecule has 6 nitrogen and oxygen atoms in total. The first-order valence-electron chi connectivity index (χ1n) is 7.98. The van der Waals surface area contributed by atoms with E-state index in [1.165, 1.54) is 12.8 Å². The molecule has 0 aromatic heterocycles. The summed E-state index contributed by atoms with van der Waals surface area (Å²) in [6, 6.07) is -0.0221. The number of nitrogens with two attached hydrogens (primary N) is 1. The average molecular weight is 296 g/mol. The second-order valence-electron chi connectivity index (χ2n) is 6.51. The molecule has 0 spiro atoms. The number of rotatable bonds is 4. The lowest BCUT2D eigenvalue weighted by atomic mass is 9.87. The van der Waals surface area contributed by atoms with Gasteiger partial charge in [-0.25, -0.2) is 0 Å². The van der Waals surface area contributed by atoms with Crippen LogP contribution >= 0.6 is 0 Å². The largest absolute Gasteiger partial charge is 0.368 e. The van der Waals surface area contributed by atoms with E-state index in [0.29, 0.717) is 19.1 Å². The highest BCUT2D eigenvalue weighted by Gasteiger charge is 2.31. The van der Waals surface area contributed by atoms with Gasteiger partial charge in [-0.05, 0) is 31.6 Å². The summed E-state index contributed by atoms with van der Waals surface area (Å²) in [6.07, 6.45) is 4.56. The van der Waals surface area contributed by atoms with Gasteiger partial charge in [-0.1, -0.05) is 6.92 Å². The van der Waals surface area contributed by atoms with E-state index in [2.05, 4.69) is 12.2 Å². The van der Waals surface area contributed by atoms with Gasteiger partial charge in [-0.2, -0.15) is 0 Å². The summed E-state index contributed by atoms with van der Waals surface area (Å²) in [5.41, 5.74) is 5.42. The fourth-order valence-electron chi connectivity index (χ4n) is 3.33. The highest BCUT2D eigenvalue weighted by atomic mass is 16.2. The Labute approximate surface area is 127 Å². The molecule has 0 aromatic carbocycles. The SMILES string of the molecule is CC1CCC(N(C)C(=O)CN2CCNCC2C(N)=O)CC1. The van der Waals surface area contributed by atoms with Crippen LogP contribution in [0.3, 0.4) is 0 Å². The van der Waals surface area contributed by atoms with E-state index in [4.69, 9.17) is 5.73 Å². The molecule has 6 heteroatoms. The van der Waals surface area contributed by atoms with Gasteiger partial charge in [0.1, 0.15) is 6.04 Å². The van der Waals surface area contributed by atoms with E-state index in [1.807, 2.05) is 16.8 Å². The number of primary amides is 1. The normalized spacial score (nSPS) is 30.9. The first-order valence-corrected chi connectivity index (χ1v) is 7.98. The van der Waals surface area contributed by atoms with Crippen LogP contribution in [0.15, 0.2) is 0 Å². The van der Waals surface area contributed by atoms with Crippen LogP contribution in [0.2, 0.25) is 0 Å². The zero-order valence-electron chi connectivity index (χ0n) is 13.2. The van der Waals surface area contributed by atoms with Crippen LogP contribution in [-0.4, -0.2) is 66.9 Å². The van der Waals surface area contributed by atoms with Gasteiger partial charge in [0, 0.05) is 32.7 Å². The lowest BCUT2D eigenvalue weighted by Gasteiger charge is -2.37. The van der Waals surface area contributed by atoms with Gasteiger partial charge in [-0.3, -0.25) is 14.5 Å². The number of carbonyl (C=O) groups is 2. The molecule has 21 heavy (non-hydrogen) atoms. The van der Waals surface area contributed by atoms with Crippen molar-refractivity contribution >= 4 is 11.8 Å². The molecule has 1 heterocycles. The maximum absolute atomic E-state index is 12.5. The van der Waals surface area contributed by atoms with Crippen molar-refractivity contribution in [3.05, 3.63) is 0 Å². The van der Waals surface area contributed by atoms with Crippen molar-refractivity contribution in [2.24, 2.45) is 11.7 Å². The summed E-state index contributed by atoms with van der Waals surface area (Å²) in [4.78, 5) is 27.7. The molecule has 1 aliphatic heterocycles. The zero-order chi connectivity index (χ0) is 15.4. The van der Waals surface area contributed by atoms with Gasteiger partial charge in [0.25, 0.3) is 0 Å². The summed E-state index contributed by atoms with van der Waals surface area (Å²) in [7, 11) is 1.89. The van der Waals surface area contributed by atoms with Crippen molar-refractivity contribution in [2.75, 3.05) is 33.2 Å². The van der Waals surface area contributed by atoms with Crippen molar-refractivity contribution in [2.45, 2.75) is 44.7 Å². The van der Waals surface area contributed by atoms with Crippen LogP contribution < -0.4 is 11.1 Å². The lowest BCUT2D eigenvalue weighted by molar-refractivity contribution is -0.136. The first kappa shape index (κ1) is 16.2. The Morgan fingerprint density at radius 1 is 1.29 bits per heavy atom. The third-order valence-corrected chi connectivity index (χ3v) is 4.95. The fraction of sp³-hybridized carbons (Fsp3) is 0.867. The zero-order valence-corrected chi connectivity index (χ0v) is 13.2. The van der Waals surface area contributed by atoms with Crippen LogP contribution in [0.25, 0.3) is 0 Å². The summed E-state index contributed by atoms with van der Waals surface area (Å²) < 4.78 is 0. The van der Waals surface area contributed by atoms with E-state index < -0.39 is 0 Å². The summed E-state index contributed by atoms with van der Waals surface area (Å²) in [5.74, 6) is 0.518. The van der Waals surface area contributed by atoms with E-state index in [1.54, 1.807) is 0 Å². The number of nitrogens with zero attached hydrogens (tertiary/aromatic N) is 2. The van der Waals surface area contributed by atoms with Crippen molar-refractivity contribution < 1.29 is 9.59 Å². The predicted octanol–water partition coefficient (Wildman–Crippen LogP) is -0.217. The molecule has 1 aliphatic carbocycles. The Hall–Kier alpha value is -1.14. The van der Waals surface area contributed by atoms with E-state index >= 15 is 0 Å². The predicted molar refractivity (Wildman–Crippen MR) is 81.6 cm³/mol. The Morgan fingerprint density at radius 2 is 1.95 bits per heavy atom. The second-order valence-corrected chi connectivity index (χ2v) is 6.51. The first-order chi connectivity index (χ1) is 9.99. The molecule has 2 rings (SSSR count). The van der Waals surface area contributed by atoms with Gasteiger partial charge < -0.3 is 16.0 Å². The highest BCUT2D eigenvalue weighted by Crippen LogP contribution is 2.26. The van der Waals surface area contributed by atoms with Crippen molar-refractivity contribution in [3.8, 4) is 0 Å². The van der Waals surface area contributed by atoms with Gasteiger partial charge in [0.2, 0.25) is 11.8 Å². The quantitative estimate of drug-likeness (QED) is 0.752. The number of likely N-dealkylation sites (N-methyl/N-ethyl adjacent to an activating group) is 1. The molecule has 120 valence electrons. The average Bonchev–Trinajstić information content (AvgIpc) is 2.47. The fourth-order valence-corrected chi connectivity index (χ4v) is 3.33. The smallest absolute Gasteiger partial charge is 0.236 e. The summed E-state index contributed by atoms with van der Waals surface area (Å²) in [5, 5.41) is 3.15. The lowest BCUT2D eigenvalue weighted by Crippen LogP contribution is -2.59. The van der Waals surface area contributed by atoms with Crippen LogP contribution in [0.1, 0.15) is 32.6 Å². The third kappa shape index (κ3) is 4.17. The summed E-state index contributed by atoms with van der Waals surface area (Å²) >= 11 is 0. The number of carbonyl (C=O) groups excluding carboxylic acids is 2. The molecule has 1 saturated heterocycles. The van der Waals surface area contributed by atoms with E-state index in [-0.39, 0.29) is 24.4 Å². The highest BCUT2D eigenvalue weighted by molar-refractivity contribution is 5.82. The van der Waals surface area contributed by atoms with Crippen molar-refractivity contribution in [1.29, 1.82) is 0 Å². The molecule has 0 bridgehead atoms. The number of amides is 2. The molecule has 1 unspecified atom stereocenters. The van der Waals surface area contributed by atoms with Gasteiger partial charge in [0.15, 0.2) is 0 Å². The van der Waals surface area contributed by atoms with Crippen molar-refractivity contribution in [3.63, 3.8) is 0 Å². The van der Waals surface area contributed by atoms with E-state index in [9.17, 15) is 9.59 Å². The molecule has 1 saturated carbocycles. The Bertz CT molecular complexity index is 380. The Kier molecular flexibility index (Phi) is 5.58. The Morgan fingerprint density at radius 3 is 2.57 bits per heavy atom. The molecule has 2 fully saturated rings. The topological polar surface area (TPSA) is 78.7 Å². The molecular weight excluding hydrogens is 268 g/mol. The van der Waals surface area contributed by atoms with Gasteiger partial charge in [0.05, 0.1) is 6.54 Å². The minimum Gasteiger partial charge on any atom is -0.368 e. The molecule has 3 N–H and O–H groups in total. The standard InChI is InChI=1S/C15H28N4O2/c1-11-3-5-12(6-4-11)18(2)14(20)10-19-8-7-17-9-13(19)15(16)21/h11-13,17H,3-10H2,1-2H3,(H2,16,21). The molecule has 2 aliphatic rings. The van der Waals surface area contributed by atoms with Gasteiger partial charge in [-0.15, -0.1) is 0 Å². The van der Waals surface area contributed by atoms with Crippen molar-refractivity contribution in [1.82, 2.24) is 15.1 Å². The van der Waals surface area contributed by atoms with Crippen LogP contribution in [0, 0.1) is 5.92 Å². The third-order valence-electron chi connectivity index (χ3n) is 4.95. The Balaban J connectivity index is 1.88. The van der Waals surface area contributed by atoms with E-state index in [0.717, 1.165) is 25.3 Å². The molecule has 2 amide bonds. The molecule has 0 aromatic rings. The summed E-state index contributed by atoms with van der Waals surface area (Å²) in [6.45, 7) is 4.58. The molecule has 1 atom stereocenters. The number of piperazine rings is 1. The maximum Gasteiger partial charge on any atom is 0.236 e. The van der Waals surface area contributed by atoms with Gasteiger partial charge >= 0.3 is 0 Å².